The van der Waals surface area contributed by atoms with Crippen molar-refractivity contribution < 1.29 is 14.3 Å². The molecule has 2 rings (SSSR count). The van der Waals surface area contributed by atoms with Crippen LogP contribution in [0.15, 0.2) is 24.3 Å². The van der Waals surface area contributed by atoms with E-state index in [-0.39, 0.29) is 17.8 Å². The lowest BCUT2D eigenvalue weighted by molar-refractivity contribution is -0.157. The van der Waals surface area contributed by atoms with Crippen molar-refractivity contribution in [2.75, 3.05) is 5.32 Å². The summed E-state index contributed by atoms with van der Waals surface area (Å²) in [5.74, 6) is -0.712. The van der Waals surface area contributed by atoms with Crippen molar-refractivity contribution in [1.29, 1.82) is 5.26 Å². The van der Waals surface area contributed by atoms with Gasteiger partial charge in [-0.3, -0.25) is 9.59 Å². The molecule has 0 heterocycles. The fraction of sp³-hybridized carbons (Fsp3) is 0.438. The zero-order valence-corrected chi connectivity index (χ0v) is 12.0. The lowest BCUT2D eigenvalue weighted by Crippen LogP contribution is -2.31. The fourth-order valence-corrected chi connectivity index (χ4v) is 2.36. The van der Waals surface area contributed by atoms with Gasteiger partial charge in [-0.25, -0.2) is 0 Å². The third-order valence-electron chi connectivity index (χ3n) is 3.63. The van der Waals surface area contributed by atoms with Gasteiger partial charge < -0.3 is 10.1 Å². The minimum absolute atomic E-state index is 0.0600. The predicted octanol–water partition coefficient (Wildman–Crippen LogP) is 2.62. The summed E-state index contributed by atoms with van der Waals surface area (Å²) in [6.45, 7) is 1.56. The molecule has 5 heteroatoms. The summed E-state index contributed by atoms with van der Waals surface area (Å²) < 4.78 is 5.21. The van der Waals surface area contributed by atoms with E-state index in [4.69, 9.17) is 10.00 Å². The van der Waals surface area contributed by atoms with Crippen LogP contribution in [-0.4, -0.2) is 18.0 Å². The fourth-order valence-electron chi connectivity index (χ4n) is 2.36. The SMILES string of the molecule is CC(OC(=O)C1CCCC1)C(=O)Nc1ccc(C#N)cc1. The molecule has 1 atom stereocenters. The number of rotatable bonds is 4. The topological polar surface area (TPSA) is 79.2 Å². The molecule has 0 bridgehead atoms. The van der Waals surface area contributed by atoms with E-state index in [1.165, 1.54) is 0 Å². The molecule has 1 saturated carbocycles. The second-order valence-corrected chi connectivity index (χ2v) is 5.24. The van der Waals surface area contributed by atoms with E-state index in [1.807, 2.05) is 6.07 Å². The van der Waals surface area contributed by atoms with Crippen LogP contribution in [0.1, 0.15) is 38.2 Å². The molecule has 1 aromatic rings. The Kier molecular flexibility index (Phi) is 4.94. The minimum atomic E-state index is -0.825. The Balaban J connectivity index is 1.86. The average molecular weight is 286 g/mol. The Morgan fingerprint density at radius 2 is 1.90 bits per heavy atom. The van der Waals surface area contributed by atoms with E-state index in [0.717, 1.165) is 25.7 Å². The molecule has 1 aliphatic rings. The molecule has 5 nitrogen and oxygen atoms in total. The Morgan fingerprint density at radius 3 is 2.48 bits per heavy atom. The second kappa shape index (κ2) is 6.89. The van der Waals surface area contributed by atoms with Crippen molar-refractivity contribution in [3.05, 3.63) is 29.8 Å². The number of nitrogens with one attached hydrogen (secondary N) is 1. The highest BCUT2D eigenvalue weighted by Crippen LogP contribution is 2.26. The van der Waals surface area contributed by atoms with Gasteiger partial charge >= 0.3 is 5.97 Å². The average Bonchev–Trinajstić information content (AvgIpc) is 3.02. The number of anilines is 1. The minimum Gasteiger partial charge on any atom is -0.452 e. The third-order valence-corrected chi connectivity index (χ3v) is 3.63. The van der Waals surface area contributed by atoms with Gasteiger partial charge in [-0.15, -0.1) is 0 Å². The molecule has 1 fully saturated rings. The first kappa shape index (κ1) is 15.0. The molecule has 1 unspecified atom stereocenters. The van der Waals surface area contributed by atoms with Crippen LogP contribution in [0.4, 0.5) is 5.69 Å². The van der Waals surface area contributed by atoms with Gasteiger partial charge in [0.05, 0.1) is 17.6 Å². The Hall–Kier alpha value is -2.35. The number of nitriles is 1. The van der Waals surface area contributed by atoms with Gasteiger partial charge in [-0.2, -0.15) is 5.26 Å². The maximum Gasteiger partial charge on any atom is 0.309 e. The summed E-state index contributed by atoms with van der Waals surface area (Å²) in [6.07, 6.45) is 2.97. The summed E-state index contributed by atoms with van der Waals surface area (Å²) in [5, 5.41) is 11.4. The summed E-state index contributed by atoms with van der Waals surface area (Å²) in [6, 6.07) is 8.52. The van der Waals surface area contributed by atoms with Crippen LogP contribution in [0, 0.1) is 17.2 Å². The Bertz CT molecular complexity index is 554. The first-order valence-corrected chi connectivity index (χ1v) is 7.11. The van der Waals surface area contributed by atoms with Gasteiger partial charge in [-0.05, 0) is 44.0 Å². The third kappa shape index (κ3) is 4.06. The van der Waals surface area contributed by atoms with Crippen molar-refractivity contribution in [2.24, 2.45) is 5.92 Å². The highest BCUT2D eigenvalue weighted by Gasteiger charge is 2.27. The van der Waals surface area contributed by atoms with Crippen LogP contribution < -0.4 is 5.32 Å². The number of amides is 1. The van der Waals surface area contributed by atoms with Gasteiger partial charge in [0.15, 0.2) is 6.10 Å². The summed E-state index contributed by atoms with van der Waals surface area (Å²) in [4.78, 5) is 23.8. The Labute approximate surface area is 123 Å². The number of benzene rings is 1. The van der Waals surface area contributed by atoms with Gasteiger partial charge in [0, 0.05) is 5.69 Å². The number of carbonyl (C=O) groups is 2. The lowest BCUT2D eigenvalue weighted by Gasteiger charge is -2.16. The summed E-state index contributed by atoms with van der Waals surface area (Å²) in [7, 11) is 0. The Morgan fingerprint density at radius 1 is 1.29 bits per heavy atom. The first-order valence-electron chi connectivity index (χ1n) is 7.11. The van der Waals surface area contributed by atoms with E-state index >= 15 is 0 Å². The van der Waals surface area contributed by atoms with Crippen LogP contribution in [0.2, 0.25) is 0 Å². The zero-order valence-electron chi connectivity index (χ0n) is 12.0. The smallest absolute Gasteiger partial charge is 0.309 e. The number of ether oxygens (including phenoxy) is 1. The van der Waals surface area contributed by atoms with Crippen LogP contribution in [0.5, 0.6) is 0 Å². The maximum atomic E-state index is 12.0. The number of carbonyl (C=O) groups excluding carboxylic acids is 2. The molecule has 1 N–H and O–H groups in total. The number of esters is 1. The van der Waals surface area contributed by atoms with Crippen molar-refractivity contribution >= 4 is 17.6 Å². The first-order chi connectivity index (χ1) is 10.1. The van der Waals surface area contributed by atoms with Crippen molar-refractivity contribution in [1.82, 2.24) is 0 Å². The predicted molar refractivity (Wildman–Crippen MR) is 77.3 cm³/mol. The number of hydrogen-bond acceptors (Lipinski definition) is 4. The number of hydrogen-bond donors (Lipinski definition) is 1. The largest absolute Gasteiger partial charge is 0.452 e. The molecule has 1 aliphatic carbocycles. The molecule has 0 aliphatic heterocycles. The molecule has 110 valence electrons. The van der Waals surface area contributed by atoms with Crippen LogP contribution >= 0.6 is 0 Å². The standard InChI is InChI=1S/C16H18N2O3/c1-11(21-16(20)13-4-2-3-5-13)15(19)18-14-8-6-12(10-17)7-9-14/h6-9,11,13H,2-5H2,1H3,(H,18,19). The van der Waals surface area contributed by atoms with Crippen LogP contribution in [0.3, 0.4) is 0 Å². The van der Waals surface area contributed by atoms with Crippen molar-refractivity contribution in [3.63, 3.8) is 0 Å². The van der Waals surface area contributed by atoms with E-state index in [9.17, 15) is 9.59 Å². The highest BCUT2D eigenvalue weighted by molar-refractivity contribution is 5.95. The normalized spacial score (nSPS) is 16.0. The van der Waals surface area contributed by atoms with Gasteiger partial charge in [0.2, 0.25) is 0 Å². The molecule has 0 spiro atoms. The van der Waals surface area contributed by atoms with Crippen LogP contribution in [-0.2, 0) is 14.3 Å². The van der Waals surface area contributed by atoms with Gasteiger partial charge in [0.25, 0.3) is 5.91 Å². The lowest BCUT2D eigenvalue weighted by atomic mass is 10.1. The van der Waals surface area contributed by atoms with E-state index in [1.54, 1.807) is 31.2 Å². The van der Waals surface area contributed by atoms with Gasteiger partial charge in [-0.1, -0.05) is 12.8 Å². The highest BCUT2D eigenvalue weighted by atomic mass is 16.5. The molecular weight excluding hydrogens is 268 g/mol. The molecule has 1 aromatic carbocycles. The van der Waals surface area contributed by atoms with Crippen molar-refractivity contribution in [3.8, 4) is 6.07 Å². The maximum absolute atomic E-state index is 12.0. The monoisotopic (exact) mass is 286 g/mol. The molecule has 0 radical (unpaired) electrons. The quantitative estimate of drug-likeness (QED) is 0.863. The molecule has 1 amide bonds. The zero-order chi connectivity index (χ0) is 15.2. The van der Waals surface area contributed by atoms with E-state index in [0.29, 0.717) is 11.3 Å². The van der Waals surface area contributed by atoms with Crippen molar-refractivity contribution in [2.45, 2.75) is 38.7 Å². The molecule has 21 heavy (non-hydrogen) atoms. The van der Waals surface area contributed by atoms with Gasteiger partial charge in [0.1, 0.15) is 0 Å². The summed E-state index contributed by atoms with van der Waals surface area (Å²) >= 11 is 0. The number of nitrogens with zero attached hydrogens (tertiary/aromatic N) is 1. The van der Waals surface area contributed by atoms with E-state index in [2.05, 4.69) is 5.32 Å². The summed E-state index contributed by atoms with van der Waals surface area (Å²) in [5.41, 5.74) is 1.09. The second-order valence-electron chi connectivity index (χ2n) is 5.24. The van der Waals surface area contributed by atoms with Crippen LogP contribution in [0.25, 0.3) is 0 Å². The van der Waals surface area contributed by atoms with E-state index < -0.39 is 6.10 Å². The molecular formula is C16H18N2O3. The molecule has 0 aromatic heterocycles. The molecule has 0 saturated heterocycles.